The zero-order valence-corrected chi connectivity index (χ0v) is 32.8. The van der Waals surface area contributed by atoms with Gasteiger partial charge < -0.3 is 57.4 Å². The summed E-state index contributed by atoms with van der Waals surface area (Å²) >= 11 is 8.28. The van der Waals surface area contributed by atoms with Crippen LogP contribution in [0.5, 0.6) is 0 Å². The molecule has 0 bridgehead atoms. The van der Waals surface area contributed by atoms with Crippen LogP contribution in [0.25, 0.3) is 0 Å². The van der Waals surface area contributed by atoms with Gasteiger partial charge in [-0.05, 0) is 50.8 Å². The first-order valence-electron chi connectivity index (χ1n) is 16.6. The molecule has 0 amide bonds. The minimum absolute atomic E-state index is 0.0242. The fraction of sp³-hybridized carbons (Fsp3) is 0.812. The Kier molecular flexibility index (Phi) is 46.2. The van der Waals surface area contributed by atoms with Crippen molar-refractivity contribution in [2.75, 3.05) is 61.5 Å². The Morgan fingerprint density at radius 2 is 0.979 bits per heavy atom. The fourth-order valence-corrected chi connectivity index (χ4v) is 9.38. The molecule has 0 aromatic carbocycles. The number of hydrogen-bond donors (Lipinski definition) is 5. The third-order valence-electron chi connectivity index (χ3n) is 6.38. The molecular formula is C32H63N5O6S5. The maximum atomic E-state index is 10.8. The number of aldehydes is 6. The standard InChI is InChI=1S/C11H22N2O2S.C11H21NO2S2.C10H20N2O2S2/c12-5-1-2-10(8-14)3-4-11(9-15)16-7-6-13;1-2-8-15-10(3-6-13)11(4-7-14)16-9-5-12;11-2-5-15-9(1-4-13)7-10(8-14)16-6-3-12/h8-11H,1-7,12-13H2;6-7,10-11H,2-5,8-9,12H2,1H3;4,8-10H,1-3,5-7,11-12H2. The van der Waals surface area contributed by atoms with E-state index in [4.69, 9.17) is 28.7 Å². The van der Waals surface area contributed by atoms with Crippen molar-refractivity contribution in [2.24, 2.45) is 34.6 Å². The van der Waals surface area contributed by atoms with E-state index in [9.17, 15) is 28.8 Å². The van der Waals surface area contributed by atoms with Crippen molar-refractivity contribution >= 4 is 96.5 Å². The Labute approximate surface area is 310 Å². The van der Waals surface area contributed by atoms with E-state index in [2.05, 4.69) is 6.92 Å². The highest BCUT2D eigenvalue weighted by Gasteiger charge is 2.21. The zero-order valence-electron chi connectivity index (χ0n) is 28.7. The summed E-state index contributed by atoms with van der Waals surface area (Å²) in [6.07, 6.45) is 12.2. The van der Waals surface area contributed by atoms with Gasteiger partial charge in [0.05, 0.1) is 10.5 Å². The van der Waals surface area contributed by atoms with Crippen LogP contribution in [-0.2, 0) is 28.8 Å². The van der Waals surface area contributed by atoms with Crippen LogP contribution in [0.4, 0.5) is 0 Å². The molecule has 0 saturated carbocycles. The number of carbonyl (C=O) groups excluding carboxylic acids is 6. The first kappa shape index (κ1) is 51.9. The van der Waals surface area contributed by atoms with Gasteiger partial charge >= 0.3 is 0 Å². The van der Waals surface area contributed by atoms with E-state index >= 15 is 0 Å². The highest BCUT2D eigenvalue weighted by molar-refractivity contribution is 8.03. The summed E-state index contributed by atoms with van der Waals surface area (Å²) < 4.78 is 0. The van der Waals surface area contributed by atoms with Crippen molar-refractivity contribution in [2.45, 2.75) is 91.0 Å². The molecule has 0 radical (unpaired) electrons. The number of carbonyl (C=O) groups is 6. The minimum atomic E-state index is -0.0567. The third-order valence-corrected chi connectivity index (χ3v) is 13.3. The van der Waals surface area contributed by atoms with Crippen LogP contribution in [0.3, 0.4) is 0 Å². The van der Waals surface area contributed by atoms with Gasteiger partial charge in [-0.15, -0.1) is 23.5 Å². The topological polar surface area (TPSA) is 233 Å². The molecule has 6 unspecified atom stereocenters. The van der Waals surface area contributed by atoms with Crippen molar-refractivity contribution < 1.29 is 28.8 Å². The van der Waals surface area contributed by atoms with Gasteiger partial charge in [-0.2, -0.15) is 35.3 Å². The number of nitrogens with two attached hydrogens (primary N) is 5. The summed E-state index contributed by atoms with van der Waals surface area (Å²) in [5, 5.41) is 0.589. The second kappa shape index (κ2) is 42.7. The second-order valence-corrected chi connectivity index (χ2v) is 17.2. The lowest BCUT2D eigenvalue weighted by atomic mass is 9.98. The lowest BCUT2D eigenvalue weighted by Gasteiger charge is -2.23. The summed E-state index contributed by atoms with van der Waals surface area (Å²) in [5.41, 5.74) is 27.0. The molecule has 0 aliphatic carbocycles. The van der Waals surface area contributed by atoms with Gasteiger partial charge in [0, 0.05) is 90.1 Å². The van der Waals surface area contributed by atoms with E-state index in [0.29, 0.717) is 52.0 Å². The summed E-state index contributed by atoms with van der Waals surface area (Å²) in [6, 6.07) is 0. The quantitative estimate of drug-likeness (QED) is 0.0603. The molecule has 10 N–H and O–H groups in total. The predicted molar refractivity (Wildman–Crippen MR) is 214 cm³/mol. The van der Waals surface area contributed by atoms with Crippen molar-refractivity contribution in [1.82, 2.24) is 0 Å². The monoisotopic (exact) mass is 773 g/mol. The molecule has 11 nitrogen and oxygen atoms in total. The average Bonchev–Trinajstić information content (AvgIpc) is 3.11. The lowest BCUT2D eigenvalue weighted by molar-refractivity contribution is -0.112. The van der Waals surface area contributed by atoms with E-state index < -0.39 is 0 Å². The Hall–Kier alpha value is -0.430. The van der Waals surface area contributed by atoms with Crippen molar-refractivity contribution in [3.05, 3.63) is 0 Å². The highest BCUT2D eigenvalue weighted by Crippen LogP contribution is 2.29. The van der Waals surface area contributed by atoms with Crippen molar-refractivity contribution in [1.29, 1.82) is 0 Å². The Morgan fingerprint density at radius 3 is 1.42 bits per heavy atom. The van der Waals surface area contributed by atoms with E-state index in [1.54, 1.807) is 58.8 Å². The summed E-state index contributed by atoms with van der Waals surface area (Å²) in [7, 11) is 0. The van der Waals surface area contributed by atoms with Crippen molar-refractivity contribution in [3.63, 3.8) is 0 Å². The van der Waals surface area contributed by atoms with Gasteiger partial charge in [0.1, 0.15) is 37.7 Å². The summed E-state index contributed by atoms with van der Waals surface area (Å²) in [4.78, 5) is 64.1. The van der Waals surface area contributed by atoms with Crippen LogP contribution in [-0.4, -0.2) is 125 Å². The van der Waals surface area contributed by atoms with Gasteiger partial charge in [-0.25, -0.2) is 0 Å². The summed E-state index contributed by atoms with van der Waals surface area (Å²) in [5.74, 6) is 4.32. The van der Waals surface area contributed by atoms with Gasteiger partial charge in [0.25, 0.3) is 0 Å². The first-order valence-corrected chi connectivity index (χ1v) is 21.9. The first-order chi connectivity index (χ1) is 23.4. The van der Waals surface area contributed by atoms with E-state index in [1.165, 1.54) is 0 Å². The molecule has 0 aromatic heterocycles. The average molecular weight is 774 g/mol. The molecule has 0 aliphatic heterocycles. The molecule has 0 fully saturated rings. The zero-order chi connectivity index (χ0) is 36.7. The molecule has 0 heterocycles. The van der Waals surface area contributed by atoms with E-state index in [0.717, 1.165) is 105 Å². The van der Waals surface area contributed by atoms with Crippen LogP contribution in [0, 0.1) is 5.92 Å². The fourth-order valence-electron chi connectivity index (χ4n) is 4.00. The normalized spacial score (nSPS) is 14.4. The number of thioether (sulfide) groups is 5. The molecule has 0 rings (SSSR count). The largest absolute Gasteiger partial charge is 0.330 e. The third kappa shape index (κ3) is 34.0. The van der Waals surface area contributed by atoms with Crippen LogP contribution in [0.1, 0.15) is 64.7 Å². The summed E-state index contributed by atoms with van der Waals surface area (Å²) in [6.45, 7) is 5.10. The van der Waals surface area contributed by atoms with Crippen LogP contribution < -0.4 is 28.7 Å². The van der Waals surface area contributed by atoms with Crippen LogP contribution >= 0.6 is 58.8 Å². The Balaban J connectivity index is -0.000000633. The molecule has 0 aliphatic rings. The van der Waals surface area contributed by atoms with E-state index in [-0.39, 0.29) is 32.2 Å². The predicted octanol–water partition coefficient (Wildman–Crippen LogP) is 2.60. The van der Waals surface area contributed by atoms with Crippen molar-refractivity contribution in [3.8, 4) is 0 Å². The highest BCUT2D eigenvalue weighted by atomic mass is 32.2. The van der Waals surface area contributed by atoms with Gasteiger partial charge in [0.15, 0.2) is 0 Å². The second-order valence-electron chi connectivity index (χ2n) is 10.4. The molecular weight excluding hydrogens is 711 g/mol. The molecule has 16 heteroatoms. The smallest absolute Gasteiger partial charge is 0.132 e. The number of rotatable bonds is 33. The minimum Gasteiger partial charge on any atom is -0.330 e. The molecule has 0 saturated heterocycles. The Bertz CT molecular complexity index is 726. The van der Waals surface area contributed by atoms with E-state index in [1.807, 2.05) is 0 Å². The molecule has 48 heavy (non-hydrogen) atoms. The molecule has 0 aromatic rings. The molecule has 282 valence electrons. The Morgan fingerprint density at radius 1 is 0.500 bits per heavy atom. The van der Waals surface area contributed by atoms with Gasteiger partial charge in [-0.3, -0.25) is 0 Å². The maximum Gasteiger partial charge on any atom is 0.132 e. The van der Waals surface area contributed by atoms with Gasteiger partial charge in [0.2, 0.25) is 0 Å². The van der Waals surface area contributed by atoms with Crippen LogP contribution in [0.15, 0.2) is 0 Å². The number of hydrogen-bond acceptors (Lipinski definition) is 16. The lowest BCUT2D eigenvalue weighted by Crippen LogP contribution is -2.23. The van der Waals surface area contributed by atoms with Gasteiger partial charge in [-0.1, -0.05) is 6.92 Å². The molecule has 0 spiro atoms. The SMILES string of the molecule is CCCSC(CC=O)C(CC=O)SCCN.NCCCC(C=O)CCC(C=O)SCCN.NCCSC(C=O)CC(CC=O)SCCN. The van der Waals surface area contributed by atoms with Crippen LogP contribution in [0.2, 0.25) is 0 Å². The molecule has 6 atom stereocenters. The maximum absolute atomic E-state index is 10.8.